The quantitative estimate of drug-likeness (QED) is 0.823. The molecule has 2 rings (SSSR count). The number of pyridine rings is 1. The van der Waals surface area contributed by atoms with Crippen LogP contribution in [-0.4, -0.2) is 21.3 Å². The van der Waals surface area contributed by atoms with Crippen molar-refractivity contribution >= 4 is 21.6 Å². The molecule has 0 bridgehead atoms. The van der Waals surface area contributed by atoms with E-state index in [9.17, 15) is 4.79 Å². The van der Waals surface area contributed by atoms with Crippen molar-refractivity contribution in [1.29, 1.82) is 0 Å². The fraction of sp³-hybridized carbons (Fsp3) is 0.214. The fourth-order valence-electron chi connectivity index (χ4n) is 1.73. The Balaban J connectivity index is 2.02. The Morgan fingerprint density at radius 2 is 2.15 bits per heavy atom. The predicted octanol–water partition coefficient (Wildman–Crippen LogP) is 2.24. The highest BCUT2D eigenvalue weighted by atomic mass is 79.9. The maximum atomic E-state index is 12.0. The molecule has 0 amide bonds. The molecule has 0 atom stereocenters. The molecule has 104 valence electrons. The molecule has 1 N–H and O–H groups in total. The van der Waals surface area contributed by atoms with Crippen molar-refractivity contribution in [2.24, 2.45) is 0 Å². The molecule has 0 aliphatic carbocycles. The van der Waals surface area contributed by atoms with Crippen LogP contribution in [0.15, 0.2) is 52.6 Å². The van der Waals surface area contributed by atoms with Gasteiger partial charge >= 0.3 is 0 Å². The third-order valence-corrected chi connectivity index (χ3v) is 3.53. The fourth-order valence-corrected chi connectivity index (χ4v) is 2.18. The first-order valence-corrected chi connectivity index (χ1v) is 7.01. The minimum atomic E-state index is -0.168. The molecule has 0 unspecified atom stereocenters. The highest BCUT2D eigenvalue weighted by Crippen LogP contribution is 2.16. The summed E-state index contributed by atoms with van der Waals surface area (Å²) in [6.07, 6.45) is 7.66. The second-order valence-corrected chi connectivity index (χ2v) is 4.97. The van der Waals surface area contributed by atoms with Gasteiger partial charge in [0.1, 0.15) is 4.47 Å². The van der Waals surface area contributed by atoms with Gasteiger partial charge in [0.05, 0.1) is 18.4 Å². The van der Waals surface area contributed by atoms with E-state index in [-0.39, 0.29) is 5.56 Å². The summed E-state index contributed by atoms with van der Waals surface area (Å²) in [4.78, 5) is 15.9. The lowest BCUT2D eigenvalue weighted by Crippen LogP contribution is -2.24. The molecular weight excluding hydrogens is 320 g/mol. The second-order valence-electron chi connectivity index (χ2n) is 4.18. The van der Waals surface area contributed by atoms with Gasteiger partial charge in [-0.25, -0.2) is 4.68 Å². The van der Waals surface area contributed by atoms with Crippen LogP contribution >= 0.6 is 15.9 Å². The Morgan fingerprint density at radius 3 is 2.85 bits per heavy atom. The van der Waals surface area contributed by atoms with Crippen molar-refractivity contribution < 1.29 is 0 Å². The second kappa shape index (κ2) is 7.00. The minimum Gasteiger partial charge on any atom is -0.382 e. The zero-order chi connectivity index (χ0) is 14.4. The summed E-state index contributed by atoms with van der Waals surface area (Å²) in [6.45, 7) is 4.71. The first-order chi connectivity index (χ1) is 9.72. The van der Waals surface area contributed by atoms with Gasteiger partial charge < -0.3 is 5.32 Å². The van der Waals surface area contributed by atoms with Gasteiger partial charge in [-0.2, -0.15) is 5.10 Å². The zero-order valence-corrected chi connectivity index (χ0v) is 12.5. The van der Waals surface area contributed by atoms with Crippen molar-refractivity contribution in [3.8, 4) is 0 Å². The van der Waals surface area contributed by atoms with Gasteiger partial charge in [-0.15, -0.1) is 6.58 Å². The number of hydrogen-bond donors (Lipinski definition) is 1. The summed E-state index contributed by atoms with van der Waals surface area (Å²) in [5.41, 5.74) is 1.72. The molecule has 0 saturated heterocycles. The van der Waals surface area contributed by atoms with Crippen molar-refractivity contribution in [3.05, 3.63) is 63.8 Å². The van der Waals surface area contributed by atoms with E-state index in [1.807, 2.05) is 12.1 Å². The van der Waals surface area contributed by atoms with Crippen LogP contribution in [-0.2, 0) is 13.0 Å². The van der Waals surface area contributed by atoms with Crippen LogP contribution in [0.1, 0.15) is 5.56 Å². The number of nitrogens with zero attached hydrogens (tertiary/aromatic N) is 3. The van der Waals surface area contributed by atoms with Gasteiger partial charge in [0.15, 0.2) is 0 Å². The smallest absolute Gasteiger partial charge is 0.283 e. The van der Waals surface area contributed by atoms with Crippen molar-refractivity contribution in [1.82, 2.24) is 14.8 Å². The molecule has 20 heavy (non-hydrogen) atoms. The van der Waals surface area contributed by atoms with E-state index in [0.29, 0.717) is 16.7 Å². The Bertz CT molecular complexity index is 639. The van der Waals surface area contributed by atoms with Crippen LogP contribution in [0.4, 0.5) is 5.69 Å². The predicted molar refractivity (Wildman–Crippen MR) is 82.8 cm³/mol. The number of halogens is 1. The van der Waals surface area contributed by atoms with Crippen LogP contribution in [0.2, 0.25) is 0 Å². The van der Waals surface area contributed by atoms with Crippen LogP contribution in [0.25, 0.3) is 0 Å². The Kier molecular flexibility index (Phi) is 5.06. The highest BCUT2D eigenvalue weighted by molar-refractivity contribution is 9.10. The molecule has 0 aliphatic rings. The van der Waals surface area contributed by atoms with Gasteiger partial charge in [0.2, 0.25) is 0 Å². The summed E-state index contributed by atoms with van der Waals surface area (Å²) in [5, 5.41) is 7.29. The number of anilines is 1. The topological polar surface area (TPSA) is 59.8 Å². The molecule has 0 saturated carbocycles. The normalized spacial score (nSPS) is 10.2. The molecule has 0 aliphatic heterocycles. The number of allylic oxidation sites excluding steroid dienone is 1. The first-order valence-electron chi connectivity index (χ1n) is 6.21. The van der Waals surface area contributed by atoms with E-state index in [1.165, 1.54) is 10.2 Å². The summed E-state index contributed by atoms with van der Waals surface area (Å²) in [5.74, 6) is 0. The van der Waals surface area contributed by atoms with E-state index >= 15 is 0 Å². The molecule has 2 heterocycles. The van der Waals surface area contributed by atoms with Crippen LogP contribution in [0.3, 0.4) is 0 Å². The average Bonchev–Trinajstić information content (AvgIpc) is 2.48. The molecular formula is C14H15BrN4O. The lowest BCUT2D eigenvalue weighted by Gasteiger charge is -2.09. The van der Waals surface area contributed by atoms with E-state index in [0.717, 1.165) is 13.0 Å². The molecule has 5 nitrogen and oxygen atoms in total. The average molecular weight is 335 g/mol. The van der Waals surface area contributed by atoms with Gasteiger partial charge in [-0.3, -0.25) is 9.78 Å². The lowest BCUT2D eigenvalue weighted by molar-refractivity contribution is 0.649. The summed E-state index contributed by atoms with van der Waals surface area (Å²) < 4.78 is 1.84. The van der Waals surface area contributed by atoms with Gasteiger partial charge in [-0.1, -0.05) is 6.08 Å². The maximum absolute atomic E-state index is 12.0. The van der Waals surface area contributed by atoms with Crippen LogP contribution in [0.5, 0.6) is 0 Å². The van der Waals surface area contributed by atoms with Gasteiger partial charge in [0.25, 0.3) is 5.56 Å². The van der Waals surface area contributed by atoms with Crippen molar-refractivity contribution in [2.45, 2.75) is 13.0 Å². The first kappa shape index (κ1) is 14.5. The third kappa shape index (κ3) is 3.54. The SMILES string of the molecule is C=CCn1ncc(NCCc2ccncc2)c(Br)c1=O. The summed E-state index contributed by atoms with van der Waals surface area (Å²) in [7, 11) is 0. The Morgan fingerprint density at radius 1 is 1.40 bits per heavy atom. The molecule has 0 spiro atoms. The molecule has 0 fully saturated rings. The van der Waals surface area contributed by atoms with Crippen molar-refractivity contribution in [2.75, 3.05) is 11.9 Å². The van der Waals surface area contributed by atoms with Gasteiger partial charge in [0, 0.05) is 18.9 Å². The Labute approximate surface area is 125 Å². The largest absolute Gasteiger partial charge is 0.382 e. The standard InChI is InChI=1S/C14H15BrN4O/c1-2-9-19-14(20)13(15)12(10-18-19)17-8-5-11-3-6-16-7-4-11/h2-4,6-7,10,17H,1,5,8-9H2. The molecule has 2 aromatic heterocycles. The zero-order valence-electron chi connectivity index (χ0n) is 10.9. The van der Waals surface area contributed by atoms with Crippen LogP contribution in [0, 0.1) is 0 Å². The summed E-state index contributed by atoms with van der Waals surface area (Å²) >= 11 is 3.31. The molecule has 0 radical (unpaired) electrons. The Hall–Kier alpha value is -1.95. The third-order valence-electron chi connectivity index (χ3n) is 2.77. The lowest BCUT2D eigenvalue weighted by atomic mass is 10.2. The van der Waals surface area contributed by atoms with E-state index in [2.05, 4.69) is 37.9 Å². The molecule has 2 aromatic rings. The number of rotatable bonds is 6. The monoisotopic (exact) mass is 334 g/mol. The number of nitrogens with one attached hydrogen (secondary N) is 1. The molecule has 6 heteroatoms. The summed E-state index contributed by atoms with van der Waals surface area (Å²) in [6, 6.07) is 3.94. The minimum absolute atomic E-state index is 0.168. The maximum Gasteiger partial charge on any atom is 0.283 e. The number of aromatic nitrogens is 3. The number of hydrogen-bond acceptors (Lipinski definition) is 4. The van der Waals surface area contributed by atoms with E-state index in [1.54, 1.807) is 24.7 Å². The van der Waals surface area contributed by atoms with Gasteiger partial charge in [-0.05, 0) is 40.0 Å². The highest BCUT2D eigenvalue weighted by Gasteiger charge is 2.07. The van der Waals surface area contributed by atoms with Crippen molar-refractivity contribution in [3.63, 3.8) is 0 Å². The van der Waals surface area contributed by atoms with E-state index < -0.39 is 0 Å². The van der Waals surface area contributed by atoms with E-state index in [4.69, 9.17) is 0 Å². The molecule has 0 aromatic carbocycles. The van der Waals surface area contributed by atoms with Crippen LogP contribution < -0.4 is 10.9 Å².